The van der Waals surface area contributed by atoms with Crippen molar-refractivity contribution in [1.82, 2.24) is 24.8 Å². The molecule has 2 heterocycles. The first-order valence-corrected chi connectivity index (χ1v) is 16.2. The zero-order valence-corrected chi connectivity index (χ0v) is 26.5. The summed E-state index contributed by atoms with van der Waals surface area (Å²) in [6, 6.07) is 25.9. The Bertz CT molecular complexity index is 2490. The monoisotopic (exact) mass is 652 g/mol. The Labute approximate surface area is 279 Å². The fourth-order valence-electron chi connectivity index (χ4n) is 7.90. The van der Waals surface area contributed by atoms with Crippen LogP contribution < -0.4 is 10.6 Å². The summed E-state index contributed by atoms with van der Waals surface area (Å²) in [5.74, 6) is 6.74. The molecular formula is C38H29ClN6O3. The van der Waals surface area contributed by atoms with Crippen molar-refractivity contribution in [1.29, 1.82) is 0 Å². The average Bonchev–Trinajstić information content (AvgIpc) is 3.64. The van der Waals surface area contributed by atoms with Gasteiger partial charge in [-0.05, 0) is 68.4 Å². The van der Waals surface area contributed by atoms with E-state index in [1.165, 1.54) is 21.5 Å². The molecule has 2 saturated carbocycles. The van der Waals surface area contributed by atoms with Crippen molar-refractivity contribution >= 4 is 66.8 Å². The maximum Gasteiger partial charge on any atom is 0.229 e. The van der Waals surface area contributed by atoms with Crippen molar-refractivity contribution in [2.45, 2.75) is 31.2 Å². The summed E-state index contributed by atoms with van der Waals surface area (Å²) < 4.78 is 1.76. The topological polar surface area (TPSA) is 125 Å². The smallest absolute Gasteiger partial charge is 0.229 e. The molecule has 9 rings (SSSR count). The summed E-state index contributed by atoms with van der Waals surface area (Å²) in [7, 11) is 1.54. The summed E-state index contributed by atoms with van der Waals surface area (Å²) in [4.78, 5) is 27.1. The highest BCUT2D eigenvalue weighted by Crippen LogP contribution is 2.67. The van der Waals surface area contributed by atoms with E-state index in [-0.39, 0.29) is 17.6 Å². The average molecular weight is 653 g/mol. The lowest BCUT2D eigenvalue weighted by Gasteiger charge is -2.23. The molecule has 5 atom stereocenters. The second kappa shape index (κ2) is 10.6. The van der Waals surface area contributed by atoms with Gasteiger partial charge >= 0.3 is 0 Å². The summed E-state index contributed by atoms with van der Waals surface area (Å²) in [5.41, 5.74) is 1.72. The Kier molecular flexibility index (Phi) is 6.40. The van der Waals surface area contributed by atoms with E-state index in [1.54, 1.807) is 17.9 Å². The normalized spacial score (nSPS) is 23.0. The lowest BCUT2D eigenvalue weighted by molar-refractivity contribution is -0.132. The molecule has 1 amide bonds. The molecule has 4 N–H and O–H groups in total. The van der Waals surface area contributed by atoms with Gasteiger partial charge in [0.05, 0.1) is 23.9 Å². The SMILES string of the molecule is CNC(=O)[C@]12CC1[C@@H](n1cnc3c(NCc4cccc(Cl)c4)nc(C#Cc4ccc5ccc6cccc7ccc4c5c67)nc31)C(O)[C@@H]2O. The van der Waals surface area contributed by atoms with Crippen LogP contribution >= 0.6 is 11.6 Å². The maximum atomic E-state index is 12.8. The molecule has 10 heteroatoms. The van der Waals surface area contributed by atoms with E-state index in [0.29, 0.717) is 35.0 Å². The molecule has 0 aliphatic heterocycles. The Morgan fingerprint density at radius 1 is 0.979 bits per heavy atom. The first kappa shape index (κ1) is 28.9. The third-order valence-electron chi connectivity index (χ3n) is 10.3. The van der Waals surface area contributed by atoms with Gasteiger partial charge in [-0.1, -0.05) is 78.2 Å². The maximum absolute atomic E-state index is 12.8. The number of anilines is 1. The van der Waals surface area contributed by atoms with Gasteiger partial charge in [-0.3, -0.25) is 4.79 Å². The number of halogens is 1. The van der Waals surface area contributed by atoms with Crippen molar-refractivity contribution in [3.8, 4) is 11.8 Å². The molecule has 9 nitrogen and oxygen atoms in total. The molecule has 2 aliphatic rings. The van der Waals surface area contributed by atoms with Crippen molar-refractivity contribution in [2.24, 2.45) is 11.3 Å². The number of nitrogens with one attached hydrogen (secondary N) is 2. The van der Waals surface area contributed by atoms with Crippen LogP contribution in [0.4, 0.5) is 5.82 Å². The van der Waals surface area contributed by atoms with Gasteiger partial charge in [0.15, 0.2) is 17.0 Å². The molecule has 2 unspecified atom stereocenters. The molecule has 48 heavy (non-hydrogen) atoms. The number of carbonyl (C=O) groups excluding carboxylic acids is 1. The minimum absolute atomic E-state index is 0.268. The van der Waals surface area contributed by atoms with Crippen LogP contribution in [0.15, 0.2) is 85.2 Å². The number of amides is 1. The number of hydrogen-bond donors (Lipinski definition) is 4. The number of carbonyl (C=O) groups is 1. The standard InChI is InChI=1S/C38H29ClN6O3/c1-40-37(48)38-17-27(38)32(33(46)34(38)47)45-19-42-31-35(41-18-20-4-2-7-25(39)16-20)43-28(44-36(31)45)15-13-21-8-9-24-11-10-22-5-3-6-23-12-14-26(21)30(24)29(22)23/h2-12,14,16,19,27,32-34,46-47H,17-18H2,1H3,(H,40,48)(H,41,43,44)/t27?,32-,33?,34+,38-/m1/s1. The lowest BCUT2D eigenvalue weighted by atomic mass is 9.92. The van der Waals surface area contributed by atoms with Crippen LogP contribution in [-0.4, -0.2) is 54.9 Å². The van der Waals surface area contributed by atoms with E-state index in [1.807, 2.05) is 30.3 Å². The van der Waals surface area contributed by atoms with E-state index >= 15 is 0 Å². The fraction of sp³-hybridized carbons (Fsp3) is 0.211. The first-order chi connectivity index (χ1) is 23.4. The summed E-state index contributed by atoms with van der Waals surface area (Å²) in [6.45, 7) is 0.425. The predicted octanol–water partition coefficient (Wildman–Crippen LogP) is 5.42. The lowest BCUT2D eigenvalue weighted by Crippen LogP contribution is -2.41. The molecule has 236 valence electrons. The molecule has 0 saturated heterocycles. The van der Waals surface area contributed by atoms with Crippen molar-refractivity contribution in [2.75, 3.05) is 12.4 Å². The third kappa shape index (κ3) is 4.20. The van der Waals surface area contributed by atoms with Crippen LogP contribution in [0.2, 0.25) is 5.02 Å². The molecule has 0 spiro atoms. The highest BCUT2D eigenvalue weighted by atomic mass is 35.5. The van der Waals surface area contributed by atoms with Gasteiger partial charge in [-0.25, -0.2) is 15.0 Å². The zero-order chi connectivity index (χ0) is 32.7. The molecule has 5 aromatic carbocycles. The van der Waals surface area contributed by atoms with Crippen molar-refractivity contribution in [3.05, 3.63) is 107 Å². The highest BCUT2D eigenvalue weighted by molar-refractivity contribution is 6.30. The van der Waals surface area contributed by atoms with E-state index in [4.69, 9.17) is 21.6 Å². The van der Waals surface area contributed by atoms with Crippen molar-refractivity contribution < 1.29 is 15.0 Å². The van der Waals surface area contributed by atoms with Crippen LogP contribution in [0.1, 0.15) is 29.4 Å². The van der Waals surface area contributed by atoms with Crippen LogP contribution in [0, 0.1) is 23.2 Å². The van der Waals surface area contributed by atoms with Gasteiger partial charge in [-0.2, -0.15) is 0 Å². The molecule has 2 aromatic heterocycles. The first-order valence-electron chi connectivity index (χ1n) is 15.9. The number of benzene rings is 5. The quantitative estimate of drug-likeness (QED) is 0.145. The Hall–Kier alpha value is -5.27. The van der Waals surface area contributed by atoms with E-state index in [0.717, 1.165) is 21.9 Å². The molecule has 2 aliphatic carbocycles. The second-order valence-electron chi connectivity index (χ2n) is 12.8. The summed E-state index contributed by atoms with van der Waals surface area (Å²) >= 11 is 6.24. The molecule has 0 bridgehead atoms. The summed E-state index contributed by atoms with van der Waals surface area (Å²) in [5, 5.41) is 35.9. The van der Waals surface area contributed by atoms with Gasteiger partial charge in [0.25, 0.3) is 0 Å². The Morgan fingerprint density at radius 2 is 1.73 bits per heavy atom. The molecular weight excluding hydrogens is 624 g/mol. The number of imidazole rings is 1. The molecule has 7 aromatic rings. The van der Waals surface area contributed by atoms with Crippen LogP contribution in [0.5, 0.6) is 0 Å². The van der Waals surface area contributed by atoms with Gasteiger partial charge in [-0.15, -0.1) is 0 Å². The minimum atomic E-state index is -1.21. The fourth-order valence-corrected chi connectivity index (χ4v) is 8.11. The van der Waals surface area contributed by atoms with Crippen LogP contribution in [0.3, 0.4) is 0 Å². The number of hydrogen-bond acceptors (Lipinski definition) is 7. The highest BCUT2D eigenvalue weighted by Gasteiger charge is 2.75. The molecule has 2 fully saturated rings. The van der Waals surface area contributed by atoms with Gasteiger partial charge in [0, 0.05) is 30.1 Å². The number of aliphatic hydroxyl groups excluding tert-OH is 2. The van der Waals surface area contributed by atoms with E-state index in [9.17, 15) is 15.0 Å². The van der Waals surface area contributed by atoms with Crippen LogP contribution in [0.25, 0.3) is 43.5 Å². The van der Waals surface area contributed by atoms with Gasteiger partial charge in [0.1, 0.15) is 6.10 Å². The predicted molar refractivity (Wildman–Crippen MR) is 186 cm³/mol. The number of fused-ring (bicyclic) bond motifs is 2. The van der Waals surface area contributed by atoms with Crippen molar-refractivity contribution in [3.63, 3.8) is 0 Å². The largest absolute Gasteiger partial charge is 0.389 e. The third-order valence-corrected chi connectivity index (χ3v) is 10.5. The Balaban J connectivity index is 1.16. The van der Waals surface area contributed by atoms with Gasteiger partial charge in [0.2, 0.25) is 11.7 Å². The zero-order valence-electron chi connectivity index (χ0n) is 25.8. The van der Waals surface area contributed by atoms with Crippen LogP contribution in [-0.2, 0) is 11.3 Å². The summed E-state index contributed by atoms with van der Waals surface area (Å²) in [6.07, 6.45) is -0.327. The number of aliphatic hydroxyl groups is 2. The minimum Gasteiger partial charge on any atom is -0.389 e. The number of nitrogens with zero attached hydrogens (tertiary/aromatic N) is 4. The van der Waals surface area contributed by atoms with E-state index in [2.05, 4.69) is 76.0 Å². The number of rotatable bonds is 5. The molecule has 0 radical (unpaired) electrons. The second-order valence-corrected chi connectivity index (χ2v) is 13.2. The number of aromatic nitrogens is 4. The van der Waals surface area contributed by atoms with E-state index < -0.39 is 23.7 Å². The Morgan fingerprint density at radius 3 is 2.52 bits per heavy atom. The van der Waals surface area contributed by atoms with Gasteiger partial charge < -0.3 is 25.4 Å².